The van der Waals surface area contributed by atoms with E-state index in [9.17, 15) is 4.79 Å². The van der Waals surface area contributed by atoms with Gasteiger partial charge in [-0.2, -0.15) is 0 Å². The summed E-state index contributed by atoms with van der Waals surface area (Å²) < 4.78 is 0. The third-order valence-corrected chi connectivity index (χ3v) is 3.73. The standard InChI is InChI=1S/C13H17Cl2N3O/c1-18(12-2-4-16-5-3-12)13(19)17-11-7-9(14)6-10(15)8-11/h6-8,12,16H,2-5H2,1H3,(H,17,19). The Balaban J connectivity index is 1.99. The molecule has 1 aliphatic heterocycles. The van der Waals surface area contributed by atoms with E-state index in [4.69, 9.17) is 23.2 Å². The van der Waals surface area contributed by atoms with Crippen molar-refractivity contribution in [3.05, 3.63) is 28.2 Å². The van der Waals surface area contributed by atoms with Gasteiger partial charge in [0.1, 0.15) is 0 Å². The zero-order valence-corrected chi connectivity index (χ0v) is 12.3. The van der Waals surface area contributed by atoms with Crippen LogP contribution in [0.3, 0.4) is 0 Å². The topological polar surface area (TPSA) is 44.4 Å². The molecule has 2 N–H and O–H groups in total. The van der Waals surface area contributed by atoms with Gasteiger partial charge in [0.2, 0.25) is 0 Å². The number of nitrogens with one attached hydrogen (secondary N) is 2. The van der Waals surface area contributed by atoms with E-state index in [0.717, 1.165) is 25.9 Å². The van der Waals surface area contributed by atoms with Crippen LogP contribution in [-0.4, -0.2) is 37.1 Å². The van der Waals surface area contributed by atoms with Crippen molar-refractivity contribution in [2.45, 2.75) is 18.9 Å². The first-order chi connectivity index (χ1) is 9.06. The Labute approximate surface area is 123 Å². The van der Waals surface area contributed by atoms with Crippen LogP contribution in [0, 0.1) is 0 Å². The Morgan fingerprint density at radius 1 is 1.26 bits per heavy atom. The number of piperidine rings is 1. The summed E-state index contributed by atoms with van der Waals surface area (Å²) >= 11 is 11.8. The second kappa shape index (κ2) is 6.46. The van der Waals surface area contributed by atoms with E-state index < -0.39 is 0 Å². The van der Waals surface area contributed by atoms with Crippen molar-refractivity contribution in [3.63, 3.8) is 0 Å². The highest BCUT2D eigenvalue weighted by Crippen LogP contribution is 2.23. The van der Waals surface area contributed by atoms with Gasteiger partial charge in [-0.25, -0.2) is 4.79 Å². The van der Waals surface area contributed by atoms with Crippen molar-refractivity contribution >= 4 is 34.9 Å². The highest BCUT2D eigenvalue weighted by Gasteiger charge is 2.21. The lowest BCUT2D eigenvalue weighted by Crippen LogP contribution is -2.45. The molecule has 104 valence electrons. The Hall–Kier alpha value is -0.970. The highest BCUT2D eigenvalue weighted by atomic mass is 35.5. The van der Waals surface area contributed by atoms with Crippen molar-refractivity contribution in [2.24, 2.45) is 0 Å². The van der Waals surface area contributed by atoms with Gasteiger partial charge >= 0.3 is 6.03 Å². The first-order valence-corrected chi connectivity index (χ1v) is 7.02. The van der Waals surface area contributed by atoms with Crippen LogP contribution in [0.4, 0.5) is 10.5 Å². The molecule has 2 rings (SSSR count). The van der Waals surface area contributed by atoms with E-state index in [1.807, 2.05) is 7.05 Å². The molecule has 1 saturated heterocycles. The molecule has 1 heterocycles. The predicted molar refractivity (Wildman–Crippen MR) is 79.1 cm³/mol. The molecule has 0 atom stereocenters. The maximum Gasteiger partial charge on any atom is 0.321 e. The second-order valence-electron chi connectivity index (χ2n) is 4.68. The number of amides is 2. The lowest BCUT2D eigenvalue weighted by atomic mass is 10.1. The minimum Gasteiger partial charge on any atom is -0.325 e. The Morgan fingerprint density at radius 2 is 1.84 bits per heavy atom. The number of carbonyl (C=O) groups is 1. The Bertz CT molecular complexity index is 441. The Kier molecular flexibility index (Phi) is 4.91. The number of hydrogen-bond donors (Lipinski definition) is 2. The van der Waals surface area contributed by atoms with Crippen molar-refractivity contribution < 1.29 is 4.79 Å². The first-order valence-electron chi connectivity index (χ1n) is 6.27. The predicted octanol–water partition coefficient (Wildman–Crippen LogP) is 3.21. The minimum atomic E-state index is -0.134. The first kappa shape index (κ1) is 14.4. The third kappa shape index (κ3) is 4.00. The monoisotopic (exact) mass is 301 g/mol. The van der Waals surface area contributed by atoms with Crippen LogP contribution in [0.1, 0.15) is 12.8 Å². The molecular weight excluding hydrogens is 285 g/mol. The van der Waals surface area contributed by atoms with Gasteiger partial charge in [-0.05, 0) is 44.1 Å². The van der Waals surface area contributed by atoms with Gasteiger partial charge in [-0.3, -0.25) is 0 Å². The zero-order valence-electron chi connectivity index (χ0n) is 10.7. The molecule has 1 aromatic rings. The lowest BCUT2D eigenvalue weighted by molar-refractivity contribution is 0.189. The molecule has 4 nitrogen and oxygen atoms in total. The summed E-state index contributed by atoms with van der Waals surface area (Å²) in [5.74, 6) is 0. The summed E-state index contributed by atoms with van der Waals surface area (Å²) in [6.45, 7) is 1.90. The van der Waals surface area contributed by atoms with Crippen LogP contribution >= 0.6 is 23.2 Å². The van der Waals surface area contributed by atoms with E-state index in [1.54, 1.807) is 23.1 Å². The number of hydrogen-bond acceptors (Lipinski definition) is 2. The van der Waals surface area contributed by atoms with E-state index in [-0.39, 0.29) is 12.1 Å². The molecule has 6 heteroatoms. The van der Waals surface area contributed by atoms with Gasteiger partial charge in [0.15, 0.2) is 0 Å². The fourth-order valence-corrected chi connectivity index (χ4v) is 2.72. The molecule has 0 aliphatic carbocycles. The average molecular weight is 302 g/mol. The van der Waals surface area contributed by atoms with E-state index in [2.05, 4.69) is 10.6 Å². The number of urea groups is 1. The normalized spacial score (nSPS) is 16.2. The Morgan fingerprint density at radius 3 is 2.42 bits per heavy atom. The number of anilines is 1. The van der Waals surface area contributed by atoms with Crippen molar-refractivity contribution in [1.82, 2.24) is 10.2 Å². The highest BCUT2D eigenvalue weighted by molar-refractivity contribution is 6.35. The van der Waals surface area contributed by atoms with Crippen molar-refractivity contribution in [3.8, 4) is 0 Å². The molecule has 0 radical (unpaired) electrons. The molecule has 0 aromatic heterocycles. The molecule has 19 heavy (non-hydrogen) atoms. The van der Waals surface area contributed by atoms with Crippen LogP contribution < -0.4 is 10.6 Å². The molecule has 1 aliphatic rings. The molecule has 1 aromatic carbocycles. The average Bonchev–Trinajstić information content (AvgIpc) is 2.37. The van der Waals surface area contributed by atoms with Crippen molar-refractivity contribution in [2.75, 3.05) is 25.5 Å². The second-order valence-corrected chi connectivity index (χ2v) is 5.55. The molecule has 0 unspecified atom stereocenters. The van der Waals surface area contributed by atoms with Gasteiger partial charge in [0.25, 0.3) is 0 Å². The maximum atomic E-state index is 12.1. The number of benzene rings is 1. The maximum absolute atomic E-state index is 12.1. The van der Waals surface area contributed by atoms with Gasteiger partial charge < -0.3 is 15.5 Å². The van der Waals surface area contributed by atoms with E-state index in [0.29, 0.717) is 15.7 Å². The summed E-state index contributed by atoms with van der Waals surface area (Å²) in [7, 11) is 1.82. The van der Waals surface area contributed by atoms with Gasteiger partial charge in [-0.1, -0.05) is 23.2 Å². The van der Waals surface area contributed by atoms with Crippen LogP contribution in [0.2, 0.25) is 10.0 Å². The SMILES string of the molecule is CN(C(=O)Nc1cc(Cl)cc(Cl)c1)C1CCNCC1. The van der Waals surface area contributed by atoms with E-state index >= 15 is 0 Å². The molecule has 1 fully saturated rings. The molecule has 0 bridgehead atoms. The molecule has 0 spiro atoms. The summed E-state index contributed by atoms with van der Waals surface area (Å²) in [5, 5.41) is 7.11. The van der Waals surface area contributed by atoms with E-state index in [1.165, 1.54) is 0 Å². The van der Waals surface area contributed by atoms with Gasteiger partial charge in [-0.15, -0.1) is 0 Å². The summed E-state index contributed by atoms with van der Waals surface area (Å²) in [5.41, 5.74) is 0.614. The summed E-state index contributed by atoms with van der Waals surface area (Å²) in [6.07, 6.45) is 1.94. The largest absolute Gasteiger partial charge is 0.325 e. The number of carbonyl (C=O) groups excluding carboxylic acids is 1. The van der Waals surface area contributed by atoms with Gasteiger partial charge in [0, 0.05) is 28.8 Å². The summed E-state index contributed by atoms with van der Waals surface area (Å²) in [4.78, 5) is 13.9. The fraction of sp³-hybridized carbons (Fsp3) is 0.462. The van der Waals surface area contributed by atoms with Crippen LogP contribution in [0.5, 0.6) is 0 Å². The number of rotatable bonds is 2. The summed E-state index contributed by atoms with van der Waals surface area (Å²) in [6, 6.07) is 5.14. The molecular formula is C13H17Cl2N3O. The minimum absolute atomic E-state index is 0.134. The fourth-order valence-electron chi connectivity index (χ4n) is 2.20. The van der Waals surface area contributed by atoms with Crippen LogP contribution in [0.15, 0.2) is 18.2 Å². The quantitative estimate of drug-likeness (QED) is 0.881. The van der Waals surface area contributed by atoms with Gasteiger partial charge in [0.05, 0.1) is 0 Å². The molecule has 2 amide bonds. The smallest absolute Gasteiger partial charge is 0.321 e. The third-order valence-electron chi connectivity index (χ3n) is 3.29. The zero-order chi connectivity index (χ0) is 13.8. The number of halogens is 2. The lowest BCUT2D eigenvalue weighted by Gasteiger charge is -2.31. The van der Waals surface area contributed by atoms with Crippen LogP contribution in [-0.2, 0) is 0 Å². The molecule has 0 saturated carbocycles. The van der Waals surface area contributed by atoms with Crippen LogP contribution in [0.25, 0.3) is 0 Å². The number of nitrogens with zero attached hydrogens (tertiary/aromatic N) is 1. The van der Waals surface area contributed by atoms with Crippen molar-refractivity contribution in [1.29, 1.82) is 0 Å².